The van der Waals surface area contributed by atoms with Gasteiger partial charge in [-0.2, -0.15) is 0 Å². The zero-order chi connectivity index (χ0) is 14.6. The fourth-order valence-electron chi connectivity index (χ4n) is 4.18. The molecule has 0 saturated carbocycles. The molecular formula is C17H21NO3. The molecule has 0 saturated heterocycles. The van der Waals surface area contributed by atoms with Crippen LogP contribution < -0.4 is 15.2 Å². The number of nitrogens with two attached hydrogens (primary N) is 1. The van der Waals surface area contributed by atoms with Gasteiger partial charge >= 0.3 is 0 Å². The second-order valence-electron chi connectivity index (χ2n) is 6.44. The zero-order valence-electron chi connectivity index (χ0n) is 12.2. The average molecular weight is 287 g/mol. The summed E-state index contributed by atoms with van der Waals surface area (Å²) in [5.74, 6) is 1.63. The fourth-order valence-corrected chi connectivity index (χ4v) is 4.18. The highest BCUT2D eigenvalue weighted by molar-refractivity contribution is 5.61. The van der Waals surface area contributed by atoms with Crippen molar-refractivity contribution >= 4 is 0 Å². The quantitative estimate of drug-likeness (QED) is 0.771. The smallest absolute Gasteiger partial charge is 0.166 e. The summed E-state index contributed by atoms with van der Waals surface area (Å²) in [6.07, 6.45) is 7.05. The van der Waals surface area contributed by atoms with Crippen LogP contribution in [0, 0.1) is 0 Å². The van der Waals surface area contributed by atoms with Gasteiger partial charge in [-0.3, -0.25) is 0 Å². The molecule has 1 aliphatic heterocycles. The molecule has 21 heavy (non-hydrogen) atoms. The molecule has 4 atom stereocenters. The number of methoxy groups -OCH3 is 1. The summed E-state index contributed by atoms with van der Waals surface area (Å²) in [6, 6.07) is 4.27. The Morgan fingerprint density at radius 1 is 1.43 bits per heavy atom. The maximum Gasteiger partial charge on any atom is 0.166 e. The topological polar surface area (TPSA) is 64.7 Å². The first-order valence-corrected chi connectivity index (χ1v) is 7.64. The van der Waals surface area contributed by atoms with Crippen molar-refractivity contribution in [1.82, 2.24) is 0 Å². The first-order valence-electron chi connectivity index (χ1n) is 7.64. The van der Waals surface area contributed by atoms with Crippen molar-refractivity contribution in [3.8, 4) is 11.5 Å². The molecule has 0 fully saturated rings. The van der Waals surface area contributed by atoms with E-state index in [2.05, 4.69) is 12.1 Å². The maximum atomic E-state index is 9.96. The van der Waals surface area contributed by atoms with E-state index in [1.807, 2.05) is 12.1 Å². The Morgan fingerprint density at radius 2 is 2.29 bits per heavy atom. The van der Waals surface area contributed by atoms with Gasteiger partial charge in [0.1, 0.15) is 6.10 Å². The largest absolute Gasteiger partial charge is 0.493 e. The first kappa shape index (κ1) is 13.2. The monoisotopic (exact) mass is 287 g/mol. The van der Waals surface area contributed by atoms with Gasteiger partial charge in [0.25, 0.3) is 0 Å². The van der Waals surface area contributed by atoms with E-state index in [1.165, 1.54) is 11.1 Å². The molecule has 0 aromatic heterocycles. The third-order valence-electron chi connectivity index (χ3n) is 5.21. The standard InChI is InChI=1S/C17H21NO3/c1-20-13-3-2-10-8-11(18)4-6-17-7-5-12(19)9-14(17)21-16(13)15(10)17/h2-3,5,7,11-12,14,19H,4,6,8-9,18H2,1H3/t11-,12-,14-,17+/m0/s1. The molecular weight excluding hydrogens is 266 g/mol. The van der Waals surface area contributed by atoms with E-state index in [4.69, 9.17) is 15.2 Å². The Balaban J connectivity index is 1.95. The van der Waals surface area contributed by atoms with E-state index in [1.54, 1.807) is 7.11 Å². The van der Waals surface area contributed by atoms with Crippen molar-refractivity contribution in [1.29, 1.82) is 0 Å². The molecule has 0 radical (unpaired) electrons. The Hall–Kier alpha value is -1.52. The highest BCUT2D eigenvalue weighted by Gasteiger charge is 2.52. The Kier molecular flexibility index (Phi) is 2.81. The molecule has 0 unspecified atom stereocenters. The van der Waals surface area contributed by atoms with Crippen LogP contribution in [0.2, 0.25) is 0 Å². The van der Waals surface area contributed by atoms with Crippen LogP contribution >= 0.6 is 0 Å². The van der Waals surface area contributed by atoms with Crippen LogP contribution in [-0.4, -0.2) is 30.5 Å². The van der Waals surface area contributed by atoms with Crippen LogP contribution in [0.5, 0.6) is 11.5 Å². The first-order chi connectivity index (χ1) is 10.1. The lowest BCUT2D eigenvalue weighted by Crippen LogP contribution is -2.42. The van der Waals surface area contributed by atoms with Crippen LogP contribution in [0.15, 0.2) is 24.3 Å². The predicted molar refractivity (Wildman–Crippen MR) is 79.8 cm³/mol. The van der Waals surface area contributed by atoms with Gasteiger partial charge in [-0.25, -0.2) is 0 Å². The van der Waals surface area contributed by atoms with Crippen molar-refractivity contribution in [3.63, 3.8) is 0 Å². The molecule has 112 valence electrons. The Morgan fingerprint density at radius 3 is 3.10 bits per heavy atom. The highest BCUT2D eigenvalue weighted by Crippen LogP contribution is 2.56. The van der Waals surface area contributed by atoms with E-state index >= 15 is 0 Å². The maximum absolute atomic E-state index is 9.96. The number of benzene rings is 1. The third kappa shape index (κ3) is 1.75. The van der Waals surface area contributed by atoms with Gasteiger partial charge in [0.2, 0.25) is 0 Å². The van der Waals surface area contributed by atoms with E-state index < -0.39 is 6.10 Å². The summed E-state index contributed by atoms with van der Waals surface area (Å²) < 4.78 is 11.7. The molecule has 0 bridgehead atoms. The average Bonchev–Trinajstić information content (AvgIpc) is 2.72. The van der Waals surface area contributed by atoms with E-state index in [0.29, 0.717) is 6.42 Å². The molecule has 4 rings (SSSR count). The molecule has 2 aliphatic carbocycles. The normalized spacial score (nSPS) is 36.4. The van der Waals surface area contributed by atoms with Gasteiger partial charge in [0, 0.05) is 18.0 Å². The number of hydrogen-bond donors (Lipinski definition) is 2. The van der Waals surface area contributed by atoms with Gasteiger partial charge in [-0.1, -0.05) is 18.2 Å². The van der Waals surface area contributed by atoms with Crippen molar-refractivity contribution in [2.75, 3.05) is 7.11 Å². The number of ether oxygens (including phenoxy) is 2. The van der Waals surface area contributed by atoms with Gasteiger partial charge in [-0.15, -0.1) is 0 Å². The summed E-state index contributed by atoms with van der Waals surface area (Å²) in [5, 5.41) is 9.96. The number of rotatable bonds is 1. The van der Waals surface area contributed by atoms with Crippen LogP contribution in [0.25, 0.3) is 0 Å². The lowest BCUT2D eigenvalue weighted by molar-refractivity contribution is 0.0838. The van der Waals surface area contributed by atoms with Crippen LogP contribution in [-0.2, 0) is 11.8 Å². The van der Waals surface area contributed by atoms with Crippen molar-refractivity contribution in [3.05, 3.63) is 35.4 Å². The minimum Gasteiger partial charge on any atom is -0.493 e. The van der Waals surface area contributed by atoms with Gasteiger partial charge in [-0.05, 0) is 30.9 Å². The highest BCUT2D eigenvalue weighted by atomic mass is 16.5. The minimum atomic E-state index is -0.429. The van der Waals surface area contributed by atoms with Crippen LogP contribution in [0.4, 0.5) is 0 Å². The van der Waals surface area contributed by atoms with E-state index in [-0.39, 0.29) is 17.6 Å². The molecule has 0 amide bonds. The van der Waals surface area contributed by atoms with E-state index in [0.717, 1.165) is 30.8 Å². The Bertz CT molecular complexity index is 612. The third-order valence-corrected chi connectivity index (χ3v) is 5.21. The van der Waals surface area contributed by atoms with Crippen molar-refractivity contribution < 1.29 is 14.6 Å². The molecule has 3 aliphatic rings. The summed E-state index contributed by atoms with van der Waals surface area (Å²) in [7, 11) is 1.67. The van der Waals surface area contributed by atoms with Crippen LogP contribution in [0.3, 0.4) is 0 Å². The molecule has 1 heterocycles. The van der Waals surface area contributed by atoms with E-state index in [9.17, 15) is 5.11 Å². The molecule has 4 nitrogen and oxygen atoms in total. The summed E-state index contributed by atoms with van der Waals surface area (Å²) in [5.41, 5.74) is 8.61. The molecule has 1 aromatic rings. The number of aliphatic hydroxyl groups is 1. The predicted octanol–water partition coefficient (Wildman–Crippen LogP) is 1.68. The SMILES string of the molecule is COc1ccc2c3c1O[C@H]1C[C@@H](O)C=C[C@@]31CC[C@H](N)C2. The van der Waals surface area contributed by atoms with Gasteiger partial charge in [0.15, 0.2) is 11.5 Å². The fraction of sp³-hybridized carbons (Fsp3) is 0.529. The van der Waals surface area contributed by atoms with Crippen LogP contribution in [0.1, 0.15) is 30.4 Å². The van der Waals surface area contributed by atoms with Crippen molar-refractivity contribution in [2.24, 2.45) is 5.73 Å². The summed E-state index contributed by atoms with van der Waals surface area (Å²) >= 11 is 0. The summed E-state index contributed by atoms with van der Waals surface area (Å²) in [6.45, 7) is 0. The molecule has 1 spiro atoms. The summed E-state index contributed by atoms with van der Waals surface area (Å²) in [4.78, 5) is 0. The lowest BCUT2D eigenvalue weighted by atomic mass is 9.69. The number of hydrogen-bond acceptors (Lipinski definition) is 4. The molecule has 3 N–H and O–H groups in total. The van der Waals surface area contributed by atoms with Crippen molar-refractivity contribution in [2.45, 2.75) is 49.3 Å². The number of aliphatic hydroxyl groups excluding tert-OH is 1. The molecule has 4 heteroatoms. The second-order valence-corrected chi connectivity index (χ2v) is 6.44. The van der Waals surface area contributed by atoms with Gasteiger partial charge < -0.3 is 20.3 Å². The Labute approximate surface area is 124 Å². The second kappa shape index (κ2) is 4.49. The van der Waals surface area contributed by atoms with Gasteiger partial charge in [0.05, 0.1) is 18.6 Å². The minimum absolute atomic E-state index is 0.0205. The molecule has 1 aromatic carbocycles. The zero-order valence-corrected chi connectivity index (χ0v) is 12.2. The lowest BCUT2D eigenvalue weighted by Gasteiger charge is -2.35.